The molecule has 0 saturated heterocycles. The Morgan fingerprint density at radius 3 is 3.13 bits per heavy atom. The van der Waals surface area contributed by atoms with Crippen molar-refractivity contribution in [3.63, 3.8) is 0 Å². The lowest BCUT2D eigenvalue weighted by molar-refractivity contribution is 0.397. The summed E-state index contributed by atoms with van der Waals surface area (Å²) in [6.07, 6.45) is 4.97. The SMILES string of the molecule is COc1cc(Cn2cc[nH]c2=O)ccn1. The van der Waals surface area contributed by atoms with Crippen molar-refractivity contribution in [3.8, 4) is 5.88 Å². The van der Waals surface area contributed by atoms with Gasteiger partial charge in [-0.15, -0.1) is 0 Å². The highest BCUT2D eigenvalue weighted by Gasteiger charge is 2.00. The molecule has 0 aliphatic rings. The Hall–Kier alpha value is -2.04. The molecule has 0 bridgehead atoms. The van der Waals surface area contributed by atoms with Gasteiger partial charge in [-0.2, -0.15) is 0 Å². The Balaban J connectivity index is 2.24. The largest absolute Gasteiger partial charge is 0.481 e. The van der Waals surface area contributed by atoms with Gasteiger partial charge in [0, 0.05) is 24.7 Å². The minimum atomic E-state index is -0.120. The molecular formula is C10H11N3O2. The molecule has 78 valence electrons. The number of pyridine rings is 1. The maximum Gasteiger partial charge on any atom is 0.325 e. The Labute approximate surface area is 86.4 Å². The summed E-state index contributed by atoms with van der Waals surface area (Å²) in [4.78, 5) is 17.8. The minimum Gasteiger partial charge on any atom is -0.481 e. The van der Waals surface area contributed by atoms with Crippen LogP contribution in [0.3, 0.4) is 0 Å². The van der Waals surface area contributed by atoms with E-state index < -0.39 is 0 Å². The molecule has 0 fully saturated rings. The van der Waals surface area contributed by atoms with Gasteiger partial charge in [0.2, 0.25) is 5.88 Å². The second kappa shape index (κ2) is 4.00. The molecule has 2 aromatic heterocycles. The van der Waals surface area contributed by atoms with E-state index in [-0.39, 0.29) is 5.69 Å². The lowest BCUT2D eigenvalue weighted by atomic mass is 10.2. The van der Waals surface area contributed by atoms with Crippen LogP contribution in [-0.2, 0) is 6.54 Å². The Morgan fingerprint density at radius 2 is 2.47 bits per heavy atom. The molecule has 15 heavy (non-hydrogen) atoms. The van der Waals surface area contributed by atoms with E-state index in [0.29, 0.717) is 12.4 Å². The first-order valence-corrected chi connectivity index (χ1v) is 4.52. The van der Waals surface area contributed by atoms with Crippen molar-refractivity contribution in [2.45, 2.75) is 6.54 Å². The van der Waals surface area contributed by atoms with Crippen LogP contribution >= 0.6 is 0 Å². The normalized spacial score (nSPS) is 10.2. The van der Waals surface area contributed by atoms with Crippen LogP contribution in [0.2, 0.25) is 0 Å². The monoisotopic (exact) mass is 205 g/mol. The molecule has 0 radical (unpaired) electrons. The first kappa shape index (κ1) is 9.51. The van der Waals surface area contributed by atoms with Gasteiger partial charge in [-0.1, -0.05) is 0 Å². The molecule has 0 aliphatic heterocycles. The lowest BCUT2D eigenvalue weighted by Gasteiger charge is -2.03. The number of nitrogens with one attached hydrogen (secondary N) is 1. The molecule has 0 unspecified atom stereocenters. The van der Waals surface area contributed by atoms with Crippen LogP contribution in [-0.4, -0.2) is 21.6 Å². The van der Waals surface area contributed by atoms with E-state index in [9.17, 15) is 4.79 Å². The van der Waals surface area contributed by atoms with E-state index in [1.807, 2.05) is 6.07 Å². The van der Waals surface area contributed by atoms with Gasteiger partial charge in [-0.25, -0.2) is 9.78 Å². The zero-order valence-corrected chi connectivity index (χ0v) is 8.30. The standard InChI is InChI=1S/C10H11N3O2/c1-15-9-6-8(2-3-11-9)7-13-5-4-12-10(13)14/h2-6H,7H2,1H3,(H,12,14). The van der Waals surface area contributed by atoms with Crippen molar-refractivity contribution in [2.75, 3.05) is 7.11 Å². The van der Waals surface area contributed by atoms with Crippen molar-refractivity contribution >= 4 is 0 Å². The fourth-order valence-electron chi connectivity index (χ4n) is 1.33. The average Bonchev–Trinajstić information content (AvgIpc) is 2.65. The van der Waals surface area contributed by atoms with Gasteiger partial charge in [-0.05, 0) is 11.6 Å². The predicted octanol–water partition coefficient (Wildman–Crippen LogP) is 0.628. The third kappa shape index (κ3) is 2.07. The topological polar surface area (TPSA) is 59.9 Å². The number of nitrogens with zero attached hydrogens (tertiary/aromatic N) is 2. The summed E-state index contributed by atoms with van der Waals surface area (Å²) >= 11 is 0. The molecule has 5 nitrogen and oxygen atoms in total. The van der Waals surface area contributed by atoms with Crippen LogP contribution in [0.5, 0.6) is 5.88 Å². The van der Waals surface area contributed by atoms with Gasteiger partial charge in [-0.3, -0.25) is 4.57 Å². The number of ether oxygens (including phenoxy) is 1. The maximum atomic E-state index is 11.2. The highest BCUT2D eigenvalue weighted by molar-refractivity contribution is 5.20. The van der Waals surface area contributed by atoms with Crippen molar-refractivity contribution in [3.05, 3.63) is 46.8 Å². The van der Waals surface area contributed by atoms with Gasteiger partial charge in [0.15, 0.2) is 0 Å². The first-order chi connectivity index (χ1) is 7.29. The molecule has 1 N–H and O–H groups in total. The number of hydrogen-bond acceptors (Lipinski definition) is 3. The van der Waals surface area contributed by atoms with E-state index in [4.69, 9.17) is 4.74 Å². The van der Waals surface area contributed by atoms with E-state index in [1.165, 1.54) is 0 Å². The molecule has 5 heteroatoms. The fraction of sp³-hybridized carbons (Fsp3) is 0.200. The van der Waals surface area contributed by atoms with E-state index >= 15 is 0 Å². The number of aromatic nitrogens is 3. The highest BCUT2D eigenvalue weighted by Crippen LogP contribution is 2.08. The summed E-state index contributed by atoms with van der Waals surface area (Å²) in [6.45, 7) is 0.515. The van der Waals surface area contributed by atoms with Crippen LogP contribution in [0.1, 0.15) is 5.56 Å². The molecular weight excluding hydrogens is 194 g/mol. The van der Waals surface area contributed by atoms with Crippen LogP contribution in [0.25, 0.3) is 0 Å². The summed E-state index contributed by atoms with van der Waals surface area (Å²) in [5.41, 5.74) is 0.856. The average molecular weight is 205 g/mol. The molecule has 2 rings (SSSR count). The van der Waals surface area contributed by atoms with E-state index in [0.717, 1.165) is 5.56 Å². The van der Waals surface area contributed by atoms with Gasteiger partial charge in [0.1, 0.15) is 0 Å². The summed E-state index contributed by atoms with van der Waals surface area (Å²) < 4.78 is 6.58. The molecule has 0 saturated carbocycles. The molecule has 2 aromatic rings. The zero-order chi connectivity index (χ0) is 10.7. The predicted molar refractivity (Wildman–Crippen MR) is 54.9 cm³/mol. The summed E-state index contributed by atoms with van der Waals surface area (Å²) in [5.74, 6) is 0.552. The third-order valence-corrected chi connectivity index (χ3v) is 2.08. The summed E-state index contributed by atoms with van der Waals surface area (Å²) in [7, 11) is 1.56. The highest BCUT2D eigenvalue weighted by atomic mass is 16.5. The van der Waals surface area contributed by atoms with Crippen molar-refractivity contribution in [2.24, 2.45) is 0 Å². The summed E-state index contributed by atoms with van der Waals surface area (Å²) in [5, 5.41) is 0. The maximum absolute atomic E-state index is 11.2. The van der Waals surface area contributed by atoms with Crippen molar-refractivity contribution in [1.82, 2.24) is 14.5 Å². The summed E-state index contributed by atoms with van der Waals surface area (Å²) in [6, 6.07) is 3.65. The number of aromatic amines is 1. The molecule has 0 atom stereocenters. The van der Waals surface area contributed by atoms with Crippen molar-refractivity contribution in [1.29, 1.82) is 0 Å². The zero-order valence-electron chi connectivity index (χ0n) is 8.30. The minimum absolute atomic E-state index is 0.120. The third-order valence-electron chi connectivity index (χ3n) is 2.08. The molecule has 0 amide bonds. The molecule has 2 heterocycles. The Bertz CT molecular complexity index is 501. The number of H-pyrrole nitrogens is 1. The number of hydrogen-bond donors (Lipinski definition) is 1. The van der Waals surface area contributed by atoms with Crippen LogP contribution < -0.4 is 10.4 Å². The Morgan fingerprint density at radius 1 is 1.60 bits per heavy atom. The van der Waals surface area contributed by atoms with Gasteiger partial charge >= 0.3 is 5.69 Å². The van der Waals surface area contributed by atoms with Crippen LogP contribution in [0, 0.1) is 0 Å². The van der Waals surface area contributed by atoms with Crippen LogP contribution in [0.15, 0.2) is 35.5 Å². The van der Waals surface area contributed by atoms with Crippen LogP contribution in [0.4, 0.5) is 0 Å². The number of imidazole rings is 1. The van der Waals surface area contributed by atoms with Crippen molar-refractivity contribution < 1.29 is 4.74 Å². The molecule has 0 aromatic carbocycles. The molecule has 0 aliphatic carbocycles. The number of methoxy groups -OCH3 is 1. The quantitative estimate of drug-likeness (QED) is 0.799. The second-order valence-corrected chi connectivity index (χ2v) is 3.10. The van der Waals surface area contributed by atoms with Gasteiger partial charge < -0.3 is 9.72 Å². The number of rotatable bonds is 3. The fourth-order valence-corrected chi connectivity index (χ4v) is 1.33. The Kier molecular flexibility index (Phi) is 2.53. The molecule has 0 spiro atoms. The van der Waals surface area contributed by atoms with E-state index in [1.54, 1.807) is 36.3 Å². The first-order valence-electron chi connectivity index (χ1n) is 4.52. The van der Waals surface area contributed by atoms with Gasteiger partial charge in [0.25, 0.3) is 0 Å². The lowest BCUT2D eigenvalue weighted by Crippen LogP contribution is -2.16. The second-order valence-electron chi connectivity index (χ2n) is 3.10. The van der Waals surface area contributed by atoms with Gasteiger partial charge in [0.05, 0.1) is 13.7 Å². The smallest absolute Gasteiger partial charge is 0.325 e. The van der Waals surface area contributed by atoms with E-state index in [2.05, 4.69) is 9.97 Å².